The average molecular weight is 411 g/mol. The SMILES string of the molecule is CCn1c(=NC(=O)C=Cc2cccc([N+](=O)[O-])c2)sc2cc3c(cc21)OCCO3. The second-order valence-electron chi connectivity index (χ2n) is 6.23. The summed E-state index contributed by atoms with van der Waals surface area (Å²) in [6.07, 6.45) is 2.82. The van der Waals surface area contributed by atoms with Gasteiger partial charge in [-0.05, 0) is 18.6 Å². The summed E-state index contributed by atoms with van der Waals surface area (Å²) in [7, 11) is 0. The number of rotatable bonds is 4. The number of nitrogens with zero attached hydrogens (tertiary/aromatic N) is 3. The maximum atomic E-state index is 12.4. The first-order valence-electron chi connectivity index (χ1n) is 8.99. The van der Waals surface area contributed by atoms with Crippen molar-refractivity contribution >= 4 is 39.2 Å². The summed E-state index contributed by atoms with van der Waals surface area (Å²) >= 11 is 1.39. The van der Waals surface area contributed by atoms with Gasteiger partial charge < -0.3 is 14.0 Å². The van der Waals surface area contributed by atoms with Crippen LogP contribution in [0, 0.1) is 10.1 Å². The zero-order chi connectivity index (χ0) is 20.4. The van der Waals surface area contributed by atoms with E-state index in [-0.39, 0.29) is 5.69 Å². The standard InChI is InChI=1S/C20H17N3O5S/c1-2-22-15-11-16-17(28-9-8-27-16)12-18(15)29-20(22)21-19(24)7-6-13-4-3-5-14(10-13)23(25)26/h3-7,10-12H,2,8-9H2,1H3. The third kappa shape index (κ3) is 3.90. The first-order valence-corrected chi connectivity index (χ1v) is 9.81. The van der Waals surface area contributed by atoms with E-state index >= 15 is 0 Å². The van der Waals surface area contributed by atoms with E-state index in [0.717, 1.165) is 10.2 Å². The highest BCUT2D eigenvalue weighted by Gasteiger charge is 2.16. The molecule has 0 aliphatic carbocycles. The number of nitro groups is 1. The number of hydrogen-bond acceptors (Lipinski definition) is 6. The van der Waals surface area contributed by atoms with E-state index in [4.69, 9.17) is 9.47 Å². The number of benzene rings is 2. The van der Waals surface area contributed by atoms with E-state index < -0.39 is 10.8 Å². The largest absolute Gasteiger partial charge is 0.486 e. The van der Waals surface area contributed by atoms with Crippen LogP contribution >= 0.6 is 11.3 Å². The molecule has 3 aromatic rings. The number of thiazole rings is 1. The number of nitro benzene ring substituents is 1. The fourth-order valence-electron chi connectivity index (χ4n) is 3.04. The highest BCUT2D eigenvalue weighted by atomic mass is 32.1. The minimum Gasteiger partial charge on any atom is -0.486 e. The molecule has 0 saturated carbocycles. The van der Waals surface area contributed by atoms with Gasteiger partial charge in [0.15, 0.2) is 16.3 Å². The summed E-state index contributed by atoms with van der Waals surface area (Å²) in [5, 5.41) is 10.9. The van der Waals surface area contributed by atoms with Crippen LogP contribution in [0.4, 0.5) is 5.69 Å². The lowest BCUT2D eigenvalue weighted by molar-refractivity contribution is -0.384. The third-order valence-corrected chi connectivity index (χ3v) is 5.41. The van der Waals surface area contributed by atoms with Crippen LogP contribution in [-0.2, 0) is 11.3 Å². The number of hydrogen-bond donors (Lipinski definition) is 0. The highest BCUT2D eigenvalue weighted by molar-refractivity contribution is 7.16. The van der Waals surface area contributed by atoms with Crippen LogP contribution in [-0.4, -0.2) is 28.6 Å². The van der Waals surface area contributed by atoms with Gasteiger partial charge in [0.2, 0.25) is 0 Å². The predicted octanol–water partition coefficient (Wildman–Crippen LogP) is 3.54. The van der Waals surface area contributed by atoms with E-state index in [1.165, 1.54) is 35.6 Å². The van der Waals surface area contributed by atoms with Crippen molar-refractivity contribution in [1.82, 2.24) is 4.57 Å². The first-order chi connectivity index (χ1) is 14.0. The van der Waals surface area contributed by atoms with Crippen molar-refractivity contribution in [3.05, 3.63) is 63.0 Å². The number of fused-ring (bicyclic) bond motifs is 2. The monoisotopic (exact) mass is 411 g/mol. The second kappa shape index (κ2) is 7.88. The Hall–Kier alpha value is -3.46. The van der Waals surface area contributed by atoms with E-state index in [0.29, 0.717) is 41.6 Å². The Balaban J connectivity index is 1.67. The van der Waals surface area contributed by atoms with Gasteiger partial charge in [0, 0.05) is 36.9 Å². The summed E-state index contributed by atoms with van der Waals surface area (Å²) in [5.74, 6) is 0.936. The minimum atomic E-state index is -0.474. The van der Waals surface area contributed by atoms with Crippen LogP contribution in [0.2, 0.25) is 0 Å². The lowest BCUT2D eigenvalue weighted by atomic mass is 10.2. The smallest absolute Gasteiger partial charge is 0.272 e. The Morgan fingerprint density at radius 1 is 1.28 bits per heavy atom. The van der Waals surface area contributed by atoms with E-state index in [9.17, 15) is 14.9 Å². The number of carbonyl (C=O) groups excluding carboxylic acids is 1. The summed E-state index contributed by atoms with van der Waals surface area (Å²) < 4.78 is 14.2. The fourth-order valence-corrected chi connectivity index (χ4v) is 4.15. The molecule has 29 heavy (non-hydrogen) atoms. The van der Waals surface area contributed by atoms with Crippen molar-refractivity contribution in [2.24, 2.45) is 4.99 Å². The zero-order valence-electron chi connectivity index (χ0n) is 15.5. The molecular formula is C20H17N3O5S. The predicted molar refractivity (Wildman–Crippen MR) is 109 cm³/mol. The van der Waals surface area contributed by atoms with Gasteiger partial charge in [-0.15, -0.1) is 0 Å². The van der Waals surface area contributed by atoms with Crippen molar-refractivity contribution in [1.29, 1.82) is 0 Å². The Morgan fingerprint density at radius 2 is 2.03 bits per heavy atom. The summed E-state index contributed by atoms with van der Waals surface area (Å²) in [5.41, 5.74) is 1.46. The van der Waals surface area contributed by atoms with Gasteiger partial charge in [-0.1, -0.05) is 23.5 Å². The molecule has 2 aromatic carbocycles. The normalized spacial score (nSPS) is 13.9. The van der Waals surface area contributed by atoms with E-state index in [2.05, 4.69) is 4.99 Å². The Morgan fingerprint density at radius 3 is 2.76 bits per heavy atom. The summed E-state index contributed by atoms with van der Waals surface area (Å²) in [4.78, 5) is 27.5. The molecule has 9 heteroatoms. The van der Waals surface area contributed by atoms with E-state index in [1.54, 1.807) is 12.1 Å². The van der Waals surface area contributed by atoms with Crippen molar-refractivity contribution in [2.45, 2.75) is 13.5 Å². The Bertz CT molecular complexity index is 1210. The molecule has 0 unspecified atom stereocenters. The van der Waals surface area contributed by atoms with Crippen LogP contribution < -0.4 is 14.3 Å². The van der Waals surface area contributed by atoms with Crippen LogP contribution in [0.25, 0.3) is 16.3 Å². The fraction of sp³-hybridized carbons (Fsp3) is 0.200. The third-order valence-electron chi connectivity index (χ3n) is 4.37. The van der Waals surface area contributed by atoms with Crippen molar-refractivity contribution < 1.29 is 19.2 Å². The molecule has 0 atom stereocenters. The van der Waals surface area contributed by atoms with Gasteiger partial charge in [-0.3, -0.25) is 14.9 Å². The van der Waals surface area contributed by atoms with Crippen LogP contribution in [0.5, 0.6) is 11.5 Å². The molecule has 0 N–H and O–H groups in total. The molecule has 0 saturated heterocycles. The van der Waals surface area contributed by atoms with E-state index in [1.807, 2.05) is 23.6 Å². The zero-order valence-corrected chi connectivity index (χ0v) is 16.3. The maximum absolute atomic E-state index is 12.4. The summed E-state index contributed by atoms with van der Waals surface area (Å²) in [6, 6.07) is 9.88. The number of ether oxygens (including phenoxy) is 2. The highest BCUT2D eigenvalue weighted by Crippen LogP contribution is 2.35. The average Bonchev–Trinajstić information content (AvgIpc) is 3.06. The minimum absolute atomic E-state index is 0.0294. The molecule has 1 aliphatic heterocycles. The quantitative estimate of drug-likeness (QED) is 0.372. The number of aromatic nitrogens is 1. The van der Waals surface area contributed by atoms with Crippen molar-refractivity contribution in [3.63, 3.8) is 0 Å². The molecule has 0 bridgehead atoms. The van der Waals surface area contributed by atoms with Gasteiger partial charge >= 0.3 is 0 Å². The molecule has 1 aromatic heterocycles. The summed E-state index contributed by atoms with van der Waals surface area (Å²) in [6.45, 7) is 3.63. The van der Waals surface area contributed by atoms with Gasteiger partial charge in [-0.2, -0.15) is 4.99 Å². The van der Waals surface area contributed by atoms with Crippen LogP contribution in [0.1, 0.15) is 12.5 Å². The van der Waals surface area contributed by atoms with Gasteiger partial charge in [0.1, 0.15) is 13.2 Å². The number of non-ortho nitro benzene ring substituents is 1. The van der Waals surface area contributed by atoms with Gasteiger partial charge in [0.25, 0.3) is 11.6 Å². The first kappa shape index (κ1) is 18.9. The number of aryl methyl sites for hydroxylation is 1. The molecule has 148 valence electrons. The molecule has 1 amide bonds. The molecule has 2 heterocycles. The molecule has 0 fully saturated rings. The molecular weight excluding hydrogens is 394 g/mol. The molecule has 0 spiro atoms. The lowest BCUT2D eigenvalue weighted by Crippen LogP contribution is -2.16. The molecule has 0 radical (unpaired) electrons. The second-order valence-corrected chi connectivity index (χ2v) is 7.24. The molecule has 1 aliphatic rings. The Labute approximate surface area is 169 Å². The van der Waals surface area contributed by atoms with Crippen molar-refractivity contribution in [2.75, 3.05) is 13.2 Å². The lowest BCUT2D eigenvalue weighted by Gasteiger charge is -2.18. The number of amides is 1. The molecule has 4 rings (SSSR count). The van der Waals surface area contributed by atoms with Crippen LogP contribution in [0.15, 0.2) is 47.5 Å². The topological polar surface area (TPSA) is 96.0 Å². The molecule has 8 nitrogen and oxygen atoms in total. The number of carbonyl (C=O) groups is 1. The Kier molecular flexibility index (Phi) is 5.13. The van der Waals surface area contributed by atoms with Gasteiger partial charge in [0.05, 0.1) is 15.1 Å². The maximum Gasteiger partial charge on any atom is 0.272 e. The van der Waals surface area contributed by atoms with Gasteiger partial charge in [-0.25, -0.2) is 0 Å². The van der Waals surface area contributed by atoms with Crippen LogP contribution in [0.3, 0.4) is 0 Å². The van der Waals surface area contributed by atoms with Crippen molar-refractivity contribution in [3.8, 4) is 11.5 Å².